The summed E-state index contributed by atoms with van der Waals surface area (Å²) in [6, 6.07) is 29.2. The fourth-order valence-electron chi connectivity index (χ4n) is 9.67. The summed E-state index contributed by atoms with van der Waals surface area (Å²) >= 11 is 0. The van der Waals surface area contributed by atoms with Crippen molar-refractivity contribution in [3.63, 3.8) is 0 Å². The number of sulfonamides is 3. The Morgan fingerprint density at radius 3 is 2.04 bits per heavy atom. The number of H-pyrrole nitrogens is 1. The Bertz CT molecular complexity index is 5260. The van der Waals surface area contributed by atoms with E-state index in [2.05, 4.69) is 46.5 Å². The summed E-state index contributed by atoms with van der Waals surface area (Å²) in [7, 11) is -13.5. The topological polar surface area (TPSA) is 411 Å². The smallest absolute Gasteiger partial charge is 0.350 e. The summed E-state index contributed by atoms with van der Waals surface area (Å²) in [6.45, 7) is 4.44. The minimum absolute atomic E-state index is 0.00773. The van der Waals surface area contributed by atoms with Crippen molar-refractivity contribution < 1.29 is 89.6 Å². The highest BCUT2D eigenvalue weighted by atomic mass is 32.2. The number of aryl methyl sites for hydroxylation is 2. The van der Waals surface area contributed by atoms with Crippen LogP contribution in [0.1, 0.15) is 52.8 Å². The monoisotopic (exact) mass is 1430 g/mol. The third kappa shape index (κ3) is 16.4. The van der Waals surface area contributed by atoms with E-state index in [0.717, 1.165) is 4.31 Å². The average molecular weight is 1430 g/mol. The quantitative estimate of drug-likeness (QED) is 0.0221. The molecule has 1 saturated heterocycles. The Kier molecular flexibility index (Phi) is 21.0. The minimum atomic E-state index is -4.33. The Balaban J connectivity index is 0.000000164. The molecule has 0 radical (unpaired) electrons. The molecule has 12 rings (SSSR count). The molecule has 514 valence electrons. The Morgan fingerprint density at radius 1 is 0.788 bits per heavy atom. The van der Waals surface area contributed by atoms with Gasteiger partial charge in [0.05, 0.1) is 76.8 Å². The Hall–Kier alpha value is -11.8. The molecule has 2 aliphatic rings. The van der Waals surface area contributed by atoms with E-state index >= 15 is 0 Å². The van der Waals surface area contributed by atoms with Crippen LogP contribution in [-0.2, 0) is 84.2 Å². The van der Waals surface area contributed by atoms with Gasteiger partial charge in [0, 0.05) is 55.1 Å². The fraction of sp³-hybridized carbons (Fsp3) is 0.141. The van der Waals surface area contributed by atoms with E-state index in [4.69, 9.17) is 27.6 Å². The zero-order chi connectivity index (χ0) is 70.8. The maximum absolute atomic E-state index is 14.9. The lowest BCUT2D eigenvalue weighted by atomic mass is 10.0. The molecule has 1 fully saturated rings. The molecule has 7 heterocycles. The molecule has 0 aliphatic carbocycles. The van der Waals surface area contributed by atoms with E-state index in [1.165, 1.54) is 117 Å². The number of ether oxygens (including phenoxy) is 3. The Labute approximate surface area is 563 Å². The van der Waals surface area contributed by atoms with Crippen LogP contribution in [0.2, 0.25) is 0 Å². The summed E-state index contributed by atoms with van der Waals surface area (Å²) in [5.74, 6) is -2.65. The number of furan rings is 2. The number of carbonyl (C=O) groups excluding carboxylic acids is 5. The molecule has 0 spiro atoms. The first-order valence-electron chi connectivity index (χ1n) is 29.2. The number of amides is 2. The van der Waals surface area contributed by atoms with Gasteiger partial charge in [0.15, 0.2) is 39.6 Å². The zero-order valence-corrected chi connectivity index (χ0v) is 55.4. The number of hydrogen-bond donors (Lipinski definition) is 7. The number of aromatic amines is 1. The largest absolute Gasteiger partial charge is 0.495 e. The van der Waals surface area contributed by atoms with Gasteiger partial charge >= 0.3 is 16.2 Å². The number of benzene rings is 5. The molecule has 0 saturated carbocycles. The van der Waals surface area contributed by atoms with Gasteiger partial charge in [-0.25, -0.2) is 40.0 Å². The molecule has 2 amide bonds. The number of ketones is 2. The van der Waals surface area contributed by atoms with Crippen LogP contribution in [0.15, 0.2) is 199 Å². The van der Waals surface area contributed by atoms with Crippen molar-refractivity contribution in [3.05, 3.63) is 205 Å². The first kappa shape index (κ1) is 70.0. The highest BCUT2D eigenvalue weighted by Gasteiger charge is 2.39. The van der Waals surface area contributed by atoms with Gasteiger partial charge in [-0.3, -0.25) is 33.3 Å². The van der Waals surface area contributed by atoms with Crippen LogP contribution in [-0.4, -0.2) is 103 Å². The van der Waals surface area contributed by atoms with Crippen molar-refractivity contribution in [2.45, 2.75) is 47.5 Å². The van der Waals surface area contributed by atoms with Crippen molar-refractivity contribution >= 4 is 132 Å². The molecule has 5 aromatic carbocycles. The number of nitrogens with one attached hydrogen (secondary N) is 7. The number of allylic oxidation sites excluding steroid dienone is 1. The molecular weight excluding hydrogens is 1370 g/mol. The molecule has 35 heteroatoms. The van der Waals surface area contributed by atoms with Gasteiger partial charge in [-0.2, -0.15) is 16.8 Å². The predicted molar refractivity (Wildman–Crippen MR) is 358 cm³/mol. The zero-order valence-electron chi connectivity index (χ0n) is 52.2. The number of nitrogens with zero attached hydrogens (tertiary/aromatic N) is 4. The maximum atomic E-state index is 14.9. The standard InChI is InChI=1S/C24H20N4O8S2.C24H21N3O7S.C16H17FN4O4S/c29-17(8-10-18-5-4-12-35-18)9-11-20-21(26-37(31,32)19-6-2-1-3-7-19)13-16-14-25-36-24(16)23(20)28-15-22(30)27-38(28,33)34;1-15-26-20-13-19(27-35(30,31)17-8-4-3-5-9-17)18(23(32-2)22(20)24(29)34-15)10-11-21(28)25-14-16-7-6-12-33-16;1-3-10(22)8-25-16-11(20-26(23,24)13-5-4-6-18-13)7-12-15(14(16)17)19-9-21(12)2/h1-7,9,11-14,26H,8,10,15H2,(H,27,30);3-13,26-27H,1,14H2,2H3,(H,25,28);4-7,9,18,20H,3,8H2,1-2H3/b11-9+;11-10+;. The number of methoxy groups -OCH3 is 1. The fourth-order valence-corrected chi connectivity index (χ4v) is 14.1. The van der Waals surface area contributed by atoms with Crippen molar-refractivity contribution in [3.8, 4) is 11.5 Å². The van der Waals surface area contributed by atoms with Crippen molar-refractivity contribution in [2.24, 2.45) is 7.05 Å². The molecule has 30 nitrogen and oxygen atoms in total. The number of aromatic nitrogens is 4. The molecule has 0 unspecified atom stereocenters. The third-order valence-corrected chi connectivity index (χ3v) is 19.8. The average Bonchev–Trinajstić information content (AvgIpc) is 1.67. The van der Waals surface area contributed by atoms with Gasteiger partial charge in [0.1, 0.15) is 47.2 Å². The number of imidazole rings is 1. The van der Waals surface area contributed by atoms with E-state index in [1.807, 2.05) is 4.72 Å². The lowest BCUT2D eigenvalue weighted by molar-refractivity contribution is -0.121. The molecule has 7 N–H and O–H groups in total. The van der Waals surface area contributed by atoms with E-state index in [9.17, 15) is 62.0 Å². The van der Waals surface area contributed by atoms with Crippen LogP contribution in [0.3, 0.4) is 0 Å². The summed E-state index contributed by atoms with van der Waals surface area (Å²) in [5, 5.41) is 9.33. The lowest BCUT2D eigenvalue weighted by Crippen LogP contribution is -2.30. The van der Waals surface area contributed by atoms with Gasteiger partial charge in [-0.05, 0) is 104 Å². The van der Waals surface area contributed by atoms with Gasteiger partial charge in [-0.15, -0.1) is 0 Å². The van der Waals surface area contributed by atoms with Crippen LogP contribution in [0, 0.1) is 5.82 Å². The lowest BCUT2D eigenvalue weighted by Gasteiger charge is -2.24. The summed E-state index contributed by atoms with van der Waals surface area (Å²) < 4.78 is 161. The molecule has 99 heavy (non-hydrogen) atoms. The van der Waals surface area contributed by atoms with Gasteiger partial charge in [0.25, 0.3) is 36.0 Å². The van der Waals surface area contributed by atoms with Crippen molar-refractivity contribution in [2.75, 3.05) is 44.0 Å². The SMILES string of the molecule is C=C1Nc2cc(NS(=O)(=O)c3ccccc3)c(/C=C/C(=O)NCc3ccco3)c(OC)c2C(=O)O1.CCC(=O)COc1c(NS(=O)(=O)c2ccc[nH]2)cc2c(ncn2C)c1F.O=C(/C=C/c1c(NS(=O)(=O)c2ccccc2)cc2cnoc2c1N1CC(=O)NS1(=O)=O)CCc1ccco1. The van der Waals surface area contributed by atoms with Crippen LogP contribution >= 0.6 is 0 Å². The van der Waals surface area contributed by atoms with E-state index in [0.29, 0.717) is 23.5 Å². The first-order valence-corrected chi connectivity index (χ1v) is 35.1. The number of rotatable bonds is 24. The van der Waals surface area contributed by atoms with E-state index in [1.54, 1.807) is 79.2 Å². The third-order valence-electron chi connectivity index (χ3n) is 14.4. The molecule has 0 bridgehead atoms. The summed E-state index contributed by atoms with van der Waals surface area (Å²) in [6.07, 6.45) is 12.8. The van der Waals surface area contributed by atoms with Crippen molar-refractivity contribution in [1.82, 2.24) is 29.7 Å². The number of Topliss-reactive ketones (excluding diaryl/α,β-unsaturated/α-hetero) is 1. The highest BCUT2D eigenvalue weighted by Crippen LogP contribution is 2.43. The molecule has 10 aromatic rings. The Morgan fingerprint density at radius 2 is 1.43 bits per heavy atom. The number of cyclic esters (lactones) is 1. The first-order chi connectivity index (χ1) is 47.2. The summed E-state index contributed by atoms with van der Waals surface area (Å²) in [4.78, 5) is 67.7. The molecule has 2 aliphatic heterocycles. The summed E-state index contributed by atoms with van der Waals surface area (Å²) in [5.41, 5.74) is 0.511. The number of halogens is 1. The predicted octanol–water partition coefficient (Wildman–Crippen LogP) is 8.29. The maximum Gasteiger partial charge on any atom is 0.350 e. The molecular formula is C64H58FN11O19S4. The second-order valence-corrected chi connectivity index (χ2v) is 27.8. The normalized spacial score (nSPS) is 13.5. The number of esters is 1. The number of fused-ring (bicyclic) bond motifs is 3. The number of carbonyl (C=O) groups is 5. The van der Waals surface area contributed by atoms with Crippen LogP contribution in [0.25, 0.3) is 34.2 Å². The highest BCUT2D eigenvalue weighted by molar-refractivity contribution is 7.93. The van der Waals surface area contributed by atoms with Crippen molar-refractivity contribution in [1.29, 1.82) is 0 Å². The molecule has 0 atom stereocenters. The minimum Gasteiger partial charge on any atom is -0.495 e. The van der Waals surface area contributed by atoms with Crippen LogP contribution in [0.4, 0.5) is 32.8 Å². The van der Waals surface area contributed by atoms with Crippen LogP contribution in [0.5, 0.6) is 11.5 Å². The van der Waals surface area contributed by atoms with Gasteiger partial charge in [0.2, 0.25) is 5.91 Å². The van der Waals surface area contributed by atoms with Gasteiger partial charge < -0.3 is 47.8 Å². The van der Waals surface area contributed by atoms with E-state index in [-0.39, 0.29) is 131 Å². The van der Waals surface area contributed by atoms with E-state index < -0.39 is 70.4 Å². The number of hydrogen-bond acceptors (Lipinski definition) is 22. The second-order valence-electron chi connectivity index (χ2n) is 21.2. The molecule has 5 aromatic heterocycles. The number of anilines is 5. The second kappa shape index (κ2) is 29.7. The van der Waals surface area contributed by atoms with Crippen LogP contribution < -0.4 is 43.3 Å². The van der Waals surface area contributed by atoms with Gasteiger partial charge in [-0.1, -0.05) is 48.5 Å².